The first-order valence-electron chi connectivity index (χ1n) is 7.22. The molecule has 0 atom stereocenters. The third kappa shape index (κ3) is 6.66. The number of anilines is 1. The van der Waals surface area contributed by atoms with E-state index in [0.717, 1.165) is 37.9 Å². The van der Waals surface area contributed by atoms with Crippen LogP contribution in [0.2, 0.25) is 5.02 Å². The van der Waals surface area contributed by atoms with Crippen LogP contribution in [-0.4, -0.2) is 19.0 Å². The molecule has 0 saturated heterocycles. The molecule has 1 amide bonds. The van der Waals surface area contributed by atoms with Gasteiger partial charge in [-0.05, 0) is 31.2 Å². The molecule has 0 spiro atoms. The summed E-state index contributed by atoms with van der Waals surface area (Å²) in [5.74, 6) is -0.462. The van der Waals surface area contributed by atoms with E-state index in [1.54, 1.807) is 0 Å². The lowest BCUT2D eigenvalue weighted by molar-refractivity contribution is -0.137. The number of amides is 1. The lowest BCUT2D eigenvalue weighted by Gasteiger charge is -2.14. The fourth-order valence-corrected chi connectivity index (χ4v) is 2.07. The lowest BCUT2D eigenvalue weighted by atomic mass is 10.1. The molecule has 0 aliphatic heterocycles. The third-order valence-corrected chi connectivity index (χ3v) is 3.28. The Labute approximate surface area is 133 Å². The van der Waals surface area contributed by atoms with Gasteiger partial charge in [0.2, 0.25) is 5.91 Å². The van der Waals surface area contributed by atoms with Gasteiger partial charge in [0, 0.05) is 18.0 Å². The maximum absolute atomic E-state index is 12.9. The van der Waals surface area contributed by atoms with Crippen LogP contribution in [0.5, 0.6) is 0 Å². The van der Waals surface area contributed by atoms with E-state index in [2.05, 4.69) is 17.6 Å². The first-order valence-corrected chi connectivity index (χ1v) is 7.59. The average Bonchev–Trinajstić information content (AvgIpc) is 2.43. The average molecular weight is 337 g/mol. The number of halogens is 4. The summed E-state index contributed by atoms with van der Waals surface area (Å²) in [7, 11) is 0. The maximum Gasteiger partial charge on any atom is 0.418 e. The molecule has 0 bridgehead atoms. The number of nitrogens with one attached hydrogen (secondary N) is 2. The number of carbonyl (C=O) groups is 1. The van der Waals surface area contributed by atoms with Gasteiger partial charge in [0.05, 0.1) is 11.3 Å². The zero-order chi connectivity index (χ0) is 16.6. The Hall–Kier alpha value is -1.27. The number of alkyl halides is 3. The van der Waals surface area contributed by atoms with Gasteiger partial charge in [-0.15, -0.1) is 0 Å². The van der Waals surface area contributed by atoms with Gasteiger partial charge >= 0.3 is 6.18 Å². The fraction of sp³-hybridized carbons (Fsp3) is 0.533. The summed E-state index contributed by atoms with van der Waals surface area (Å²) < 4.78 is 38.6. The van der Waals surface area contributed by atoms with Crippen LogP contribution in [0.25, 0.3) is 0 Å². The van der Waals surface area contributed by atoms with Crippen molar-refractivity contribution in [2.75, 3.05) is 18.4 Å². The minimum Gasteiger partial charge on any atom is -0.325 e. The monoisotopic (exact) mass is 336 g/mol. The zero-order valence-corrected chi connectivity index (χ0v) is 13.2. The molecule has 0 fully saturated rings. The van der Waals surface area contributed by atoms with Gasteiger partial charge in [0.25, 0.3) is 0 Å². The molecule has 1 aromatic rings. The van der Waals surface area contributed by atoms with Crippen LogP contribution in [0, 0.1) is 0 Å². The molecule has 0 heterocycles. The maximum atomic E-state index is 12.9. The van der Waals surface area contributed by atoms with E-state index in [-0.39, 0.29) is 17.1 Å². The van der Waals surface area contributed by atoms with Crippen molar-refractivity contribution in [1.82, 2.24) is 5.32 Å². The largest absolute Gasteiger partial charge is 0.418 e. The zero-order valence-electron chi connectivity index (χ0n) is 12.4. The van der Waals surface area contributed by atoms with Gasteiger partial charge in [0.15, 0.2) is 0 Å². The van der Waals surface area contributed by atoms with Gasteiger partial charge in [-0.25, -0.2) is 0 Å². The van der Waals surface area contributed by atoms with Crippen molar-refractivity contribution in [2.24, 2.45) is 0 Å². The molecule has 1 aromatic carbocycles. The van der Waals surface area contributed by atoms with Gasteiger partial charge in [-0.3, -0.25) is 4.79 Å². The Morgan fingerprint density at radius 3 is 2.59 bits per heavy atom. The van der Waals surface area contributed by atoms with Crippen LogP contribution in [0.15, 0.2) is 18.2 Å². The third-order valence-electron chi connectivity index (χ3n) is 3.05. The standard InChI is InChI=1S/C15H20ClF3N2O/c1-2-3-4-8-20-9-7-14(22)21-13-6-5-11(16)10-12(13)15(17,18)19/h5-6,10,20H,2-4,7-9H2,1H3,(H,21,22). The molecule has 2 N–H and O–H groups in total. The summed E-state index contributed by atoms with van der Waals surface area (Å²) in [5.41, 5.74) is -1.21. The molecule has 3 nitrogen and oxygen atoms in total. The summed E-state index contributed by atoms with van der Waals surface area (Å²) in [5, 5.41) is 5.35. The molecule has 22 heavy (non-hydrogen) atoms. The molecule has 0 aliphatic rings. The molecule has 7 heteroatoms. The number of hydrogen-bond acceptors (Lipinski definition) is 2. The van der Waals surface area contributed by atoms with Crippen molar-refractivity contribution in [3.63, 3.8) is 0 Å². The quantitative estimate of drug-likeness (QED) is 0.688. The summed E-state index contributed by atoms with van der Waals surface area (Å²) in [6.45, 7) is 3.33. The second kappa shape index (κ2) is 9.00. The van der Waals surface area contributed by atoms with Gasteiger partial charge in [-0.2, -0.15) is 13.2 Å². The van der Waals surface area contributed by atoms with E-state index in [0.29, 0.717) is 6.54 Å². The Bertz CT molecular complexity index is 492. The van der Waals surface area contributed by atoms with Crippen LogP contribution in [-0.2, 0) is 11.0 Å². The molecular weight excluding hydrogens is 317 g/mol. The van der Waals surface area contributed by atoms with Crippen LogP contribution in [0.4, 0.5) is 18.9 Å². The fourth-order valence-electron chi connectivity index (χ4n) is 1.90. The van der Waals surface area contributed by atoms with Crippen molar-refractivity contribution < 1.29 is 18.0 Å². The van der Waals surface area contributed by atoms with E-state index in [1.807, 2.05) is 0 Å². The second-order valence-corrected chi connectivity index (χ2v) is 5.38. The first-order chi connectivity index (χ1) is 10.3. The van der Waals surface area contributed by atoms with Gasteiger partial charge in [-0.1, -0.05) is 31.4 Å². The highest BCUT2D eigenvalue weighted by atomic mass is 35.5. The molecule has 0 unspecified atom stereocenters. The number of benzene rings is 1. The highest BCUT2D eigenvalue weighted by Gasteiger charge is 2.34. The van der Waals surface area contributed by atoms with E-state index in [1.165, 1.54) is 6.07 Å². The van der Waals surface area contributed by atoms with Crippen LogP contribution in [0.3, 0.4) is 0 Å². The highest BCUT2D eigenvalue weighted by Crippen LogP contribution is 2.36. The summed E-state index contributed by atoms with van der Waals surface area (Å²) in [4.78, 5) is 11.7. The minimum absolute atomic E-state index is 0.0251. The Balaban J connectivity index is 2.51. The molecule has 0 aromatic heterocycles. The minimum atomic E-state index is -4.56. The molecule has 124 valence electrons. The Morgan fingerprint density at radius 1 is 1.23 bits per heavy atom. The van der Waals surface area contributed by atoms with Crippen molar-refractivity contribution in [3.05, 3.63) is 28.8 Å². The number of rotatable bonds is 8. The molecular formula is C15H20ClF3N2O. The molecule has 0 radical (unpaired) electrons. The number of hydrogen-bond donors (Lipinski definition) is 2. The van der Waals surface area contributed by atoms with E-state index >= 15 is 0 Å². The van der Waals surface area contributed by atoms with Crippen molar-refractivity contribution in [3.8, 4) is 0 Å². The molecule has 1 rings (SSSR count). The summed E-state index contributed by atoms with van der Waals surface area (Å²) >= 11 is 5.58. The number of unbranched alkanes of at least 4 members (excludes halogenated alkanes) is 2. The second-order valence-electron chi connectivity index (χ2n) is 4.94. The van der Waals surface area contributed by atoms with Crippen molar-refractivity contribution >= 4 is 23.2 Å². The van der Waals surface area contributed by atoms with Crippen LogP contribution in [0.1, 0.15) is 38.2 Å². The molecule has 0 saturated carbocycles. The summed E-state index contributed by atoms with van der Waals surface area (Å²) in [6, 6.07) is 3.29. The van der Waals surface area contributed by atoms with Crippen LogP contribution >= 0.6 is 11.6 Å². The summed E-state index contributed by atoms with van der Waals surface area (Å²) in [6.07, 6.45) is -1.21. The number of carbonyl (C=O) groups excluding carboxylic acids is 1. The van der Waals surface area contributed by atoms with Crippen molar-refractivity contribution in [1.29, 1.82) is 0 Å². The van der Waals surface area contributed by atoms with Gasteiger partial charge in [0.1, 0.15) is 0 Å². The topological polar surface area (TPSA) is 41.1 Å². The van der Waals surface area contributed by atoms with Gasteiger partial charge < -0.3 is 10.6 Å². The Morgan fingerprint density at radius 2 is 1.95 bits per heavy atom. The predicted molar refractivity (Wildman–Crippen MR) is 82.1 cm³/mol. The van der Waals surface area contributed by atoms with Crippen molar-refractivity contribution in [2.45, 2.75) is 38.8 Å². The van der Waals surface area contributed by atoms with E-state index in [9.17, 15) is 18.0 Å². The first kappa shape index (κ1) is 18.8. The van der Waals surface area contributed by atoms with Crippen LogP contribution < -0.4 is 10.6 Å². The Kier molecular flexibility index (Phi) is 7.68. The smallest absolute Gasteiger partial charge is 0.325 e. The SMILES string of the molecule is CCCCCNCCC(=O)Nc1ccc(Cl)cc1C(F)(F)F. The van der Waals surface area contributed by atoms with E-state index < -0.39 is 17.6 Å². The molecule has 0 aliphatic carbocycles. The highest BCUT2D eigenvalue weighted by molar-refractivity contribution is 6.30. The predicted octanol–water partition coefficient (Wildman–Crippen LogP) is 4.47. The lowest BCUT2D eigenvalue weighted by Crippen LogP contribution is -2.23. The normalized spacial score (nSPS) is 11.5. The van der Waals surface area contributed by atoms with E-state index in [4.69, 9.17) is 11.6 Å².